The molecule has 0 aliphatic heterocycles. The van der Waals surface area contributed by atoms with Crippen molar-refractivity contribution in [1.82, 2.24) is 4.98 Å². The Morgan fingerprint density at radius 2 is 1.79 bits per heavy atom. The summed E-state index contributed by atoms with van der Waals surface area (Å²) in [6.07, 6.45) is 0. The van der Waals surface area contributed by atoms with Gasteiger partial charge in [0.2, 0.25) is 0 Å². The lowest BCUT2D eigenvalue weighted by atomic mass is 9.87. The van der Waals surface area contributed by atoms with E-state index in [1.165, 1.54) is 10.3 Å². The predicted octanol–water partition coefficient (Wildman–Crippen LogP) is 5.49. The van der Waals surface area contributed by atoms with Crippen LogP contribution < -0.4 is 0 Å². The number of para-hydroxylation sites is 1. The summed E-state index contributed by atoms with van der Waals surface area (Å²) in [4.78, 5) is 5.51. The van der Waals surface area contributed by atoms with Crippen molar-refractivity contribution < 1.29 is 4.21 Å². The lowest BCUT2D eigenvalue weighted by molar-refractivity contribution is 0.589. The highest BCUT2D eigenvalue weighted by molar-refractivity contribution is 8.01. The number of nitrogens with zero attached hydrogens (tertiary/aromatic N) is 1. The first-order valence-corrected chi connectivity index (χ1v) is 11.0. The van der Waals surface area contributed by atoms with E-state index in [0.29, 0.717) is 5.75 Å². The van der Waals surface area contributed by atoms with Crippen LogP contribution in [-0.2, 0) is 16.2 Å². The van der Waals surface area contributed by atoms with Gasteiger partial charge in [-0.05, 0) is 35.2 Å². The molecule has 0 fully saturated rings. The van der Waals surface area contributed by atoms with E-state index in [9.17, 15) is 4.21 Å². The Morgan fingerprint density at radius 3 is 2.46 bits per heavy atom. The number of rotatable bonds is 5. The molecule has 24 heavy (non-hydrogen) atoms. The molecule has 0 spiro atoms. The summed E-state index contributed by atoms with van der Waals surface area (Å²) in [5.41, 5.74) is 2.44. The van der Waals surface area contributed by atoms with E-state index in [2.05, 4.69) is 44.0 Å². The highest BCUT2D eigenvalue weighted by Gasteiger charge is 2.14. The monoisotopic (exact) mass is 375 g/mol. The first kappa shape index (κ1) is 17.6. The van der Waals surface area contributed by atoms with E-state index >= 15 is 0 Å². The molecule has 126 valence electrons. The van der Waals surface area contributed by atoms with Crippen molar-refractivity contribution in [3.8, 4) is 0 Å². The fourth-order valence-corrected chi connectivity index (χ4v) is 5.75. The smallest absolute Gasteiger partial charge is 0.151 e. The summed E-state index contributed by atoms with van der Waals surface area (Å²) in [6, 6.07) is 16.3. The van der Waals surface area contributed by atoms with Crippen LogP contribution in [0.5, 0.6) is 0 Å². The van der Waals surface area contributed by atoms with E-state index in [1.54, 1.807) is 23.1 Å². The molecule has 3 rings (SSSR count). The standard InChI is InChI=1S/C19H21NOS3/c1-19(2,3)14-8-10-15(11-9-14)24(21)13-12-22-18-20-16-6-4-5-7-17(16)23-18/h4-11H,12-13H2,1-3H3. The number of benzene rings is 2. The number of hydrogen-bond donors (Lipinski definition) is 0. The number of hydrogen-bond acceptors (Lipinski definition) is 4. The van der Waals surface area contributed by atoms with Gasteiger partial charge >= 0.3 is 0 Å². The Morgan fingerprint density at radius 1 is 1.08 bits per heavy atom. The number of aromatic nitrogens is 1. The molecule has 5 heteroatoms. The van der Waals surface area contributed by atoms with Gasteiger partial charge in [0.1, 0.15) is 0 Å². The highest BCUT2D eigenvalue weighted by atomic mass is 32.2. The molecule has 3 aromatic rings. The molecular weight excluding hydrogens is 354 g/mol. The summed E-state index contributed by atoms with van der Waals surface area (Å²) >= 11 is 3.39. The van der Waals surface area contributed by atoms with Crippen molar-refractivity contribution >= 4 is 44.1 Å². The second-order valence-corrected chi connectivity index (χ2v) is 10.6. The Balaban J connectivity index is 1.57. The fourth-order valence-electron chi connectivity index (χ4n) is 2.34. The van der Waals surface area contributed by atoms with Crippen LogP contribution in [0.2, 0.25) is 0 Å². The summed E-state index contributed by atoms with van der Waals surface area (Å²) in [5.74, 6) is 1.46. The summed E-state index contributed by atoms with van der Waals surface area (Å²) < 4.78 is 14.7. The van der Waals surface area contributed by atoms with Crippen molar-refractivity contribution in [3.63, 3.8) is 0 Å². The van der Waals surface area contributed by atoms with Gasteiger partial charge in [-0.25, -0.2) is 4.98 Å². The van der Waals surface area contributed by atoms with Crippen LogP contribution >= 0.6 is 23.1 Å². The minimum atomic E-state index is -0.954. The largest absolute Gasteiger partial charge is 0.254 e. The average Bonchev–Trinajstić information content (AvgIpc) is 2.96. The number of thioether (sulfide) groups is 1. The minimum Gasteiger partial charge on any atom is -0.254 e. The average molecular weight is 376 g/mol. The second kappa shape index (κ2) is 7.38. The van der Waals surface area contributed by atoms with Crippen LogP contribution in [0, 0.1) is 0 Å². The molecule has 1 unspecified atom stereocenters. The molecule has 0 saturated carbocycles. The molecule has 1 heterocycles. The van der Waals surface area contributed by atoms with Crippen LogP contribution in [0.1, 0.15) is 26.3 Å². The van der Waals surface area contributed by atoms with Crippen LogP contribution in [0.15, 0.2) is 57.8 Å². The molecule has 0 radical (unpaired) electrons. The van der Waals surface area contributed by atoms with Crippen LogP contribution in [0.4, 0.5) is 0 Å². The van der Waals surface area contributed by atoms with Crippen LogP contribution in [-0.4, -0.2) is 20.7 Å². The number of thiazole rings is 1. The predicted molar refractivity (Wildman–Crippen MR) is 107 cm³/mol. The van der Waals surface area contributed by atoms with Gasteiger partial charge in [0, 0.05) is 16.4 Å². The van der Waals surface area contributed by atoms with Gasteiger partial charge in [0.25, 0.3) is 0 Å². The van der Waals surface area contributed by atoms with Gasteiger partial charge in [-0.2, -0.15) is 0 Å². The van der Waals surface area contributed by atoms with Gasteiger partial charge in [0.15, 0.2) is 4.34 Å². The van der Waals surface area contributed by atoms with E-state index in [-0.39, 0.29) is 5.41 Å². The molecule has 2 nitrogen and oxygen atoms in total. The summed E-state index contributed by atoms with van der Waals surface area (Å²) in [6.45, 7) is 6.56. The Bertz CT molecular complexity index is 814. The third-order valence-corrected chi connectivity index (χ3v) is 7.56. The third-order valence-electron chi connectivity index (χ3n) is 3.75. The lowest BCUT2D eigenvalue weighted by Gasteiger charge is -2.19. The van der Waals surface area contributed by atoms with E-state index < -0.39 is 10.8 Å². The zero-order chi connectivity index (χ0) is 17.2. The van der Waals surface area contributed by atoms with Crippen molar-refractivity contribution in [2.24, 2.45) is 0 Å². The molecule has 0 aliphatic carbocycles. The van der Waals surface area contributed by atoms with E-state index in [1.807, 2.05) is 30.3 Å². The van der Waals surface area contributed by atoms with Gasteiger partial charge in [-0.1, -0.05) is 56.8 Å². The second-order valence-electron chi connectivity index (χ2n) is 6.62. The molecule has 0 amide bonds. The molecule has 0 N–H and O–H groups in total. The number of fused-ring (bicyclic) bond motifs is 1. The lowest BCUT2D eigenvalue weighted by Crippen LogP contribution is -2.11. The van der Waals surface area contributed by atoms with Crippen LogP contribution in [0.25, 0.3) is 10.2 Å². The normalized spacial score (nSPS) is 13.3. The maximum Gasteiger partial charge on any atom is 0.151 e. The molecule has 0 aliphatic rings. The SMILES string of the molecule is CC(C)(C)c1ccc(S(=O)CCSc2nc3ccccc3s2)cc1. The molecule has 1 atom stereocenters. The quantitative estimate of drug-likeness (QED) is 0.552. The Kier molecular flexibility index (Phi) is 5.42. The summed E-state index contributed by atoms with van der Waals surface area (Å²) in [7, 11) is -0.954. The van der Waals surface area contributed by atoms with Crippen molar-refractivity contribution in [2.45, 2.75) is 35.4 Å². The maximum atomic E-state index is 12.4. The molecular formula is C19H21NOS3. The topological polar surface area (TPSA) is 30.0 Å². The zero-order valence-corrected chi connectivity index (χ0v) is 16.6. The molecule has 2 aromatic carbocycles. The third kappa shape index (κ3) is 4.26. The van der Waals surface area contributed by atoms with E-state index in [0.717, 1.165) is 20.5 Å². The van der Waals surface area contributed by atoms with Gasteiger partial charge in [-0.3, -0.25) is 4.21 Å². The first-order valence-electron chi connectivity index (χ1n) is 7.91. The molecule has 0 bridgehead atoms. The van der Waals surface area contributed by atoms with Crippen molar-refractivity contribution in [1.29, 1.82) is 0 Å². The zero-order valence-electron chi connectivity index (χ0n) is 14.1. The fraction of sp³-hybridized carbons (Fsp3) is 0.316. The minimum absolute atomic E-state index is 0.128. The Hall–Kier alpha value is -1.17. The first-order chi connectivity index (χ1) is 11.4. The Labute approximate surface area is 154 Å². The summed E-state index contributed by atoms with van der Waals surface area (Å²) in [5, 5.41) is 0. The van der Waals surface area contributed by atoms with Crippen molar-refractivity contribution in [3.05, 3.63) is 54.1 Å². The van der Waals surface area contributed by atoms with E-state index in [4.69, 9.17) is 0 Å². The molecule has 1 aromatic heterocycles. The van der Waals surface area contributed by atoms with Gasteiger partial charge in [-0.15, -0.1) is 11.3 Å². The van der Waals surface area contributed by atoms with Crippen molar-refractivity contribution in [2.75, 3.05) is 11.5 Å². The van der Waals surface area contributed by atoms with Gasteiger partial charge < -0.3 is 0 Å². The molecule has 0 saturated heterocycles. The van der Waals surface area contributed by atoms with Gasteiger partial charge in [0.05, 0.1) is 21.0 Å². The van der Waals surface area contributed by atoms with Crippen LogP contribution in [0.3, 0.4) is 0 Å². The highest BCUT2D eigenvalue weighted by Crippen LogP contribution is 2.29. The maximum absolute atomic E-state index is 12.4.